The summed E-state index contributed by atoms with van der Waals surface area (Å²) >= 11 is 1.38. The fourth-order valence-corrected chi connectivity index (χ4v) is 2.75. The molecule has 0 saturated carbocycles. The number of hydrogen-bond donors (Lipinski definition) is 3. The molecule has 23 heavy (non-hydrogen) atoms. The Morgan fingerprint density at radius 1 is 1.22 bits per heavy atom. The minimum absolute atomic E-state index is 0.191. The molecule has 2 rings (SSSR count). The summed E-state index contributed by atoms with van der Waals surface area (Å²) in [5.41, 5.74) is 0.820. The molecule has 0 aromatic carbocycles. The Hall–Kier alpha value is -2.61. The second-order valence-corrected chi connectivity index (χ2v) is 5.64. The summed E-state index contributed by atoms with van der Waals surface area (Å²) in [4.78, 5) is 30.9. The number of aromatic hydroxyl groups is 1. The highest BCUT2D eigenvalue weighted by atomic mass is 32.2. The van der Waals surface area contributed by atoms with Crippen LogP contribution in [0.25, 0.3) is 0 Å². The number of rotatable bonds is 7. The molecule has 0 bridgehead atoms. The maximum Gasteiger partial charge on any atom is 0.327 e. The first kappa shape index (κ1) is 16.8. The molecule has 0 saturated heterocycles. The average Bonchev–Trinajstić information content (AvgIpc) is 2.55. The SMILES string of the molecule is O=C(N[C@@H](CSCc1ccncc1)C(=O)O)c1ncccc1O. The van der Waals surface area contributed by atoms with E-state index in [1.165, 1.54) is 30.1 Å². The minimum Gasteiger partial charge on any atom is -0.505 e. The van der Waals surface area contributed by atoms with E-state index in [9.17, 15) is 19.8 Å². The topological polar surface area (TPSA) is 112 Å². The molecule has 1 atom stereocenters. The lowest BCUT2D eigenvalue weighted by atomic mass is 10.2. The van der Waals surface area contributed by atoms with Crippen LogP contribution < -0.4 is 5.32 Å². The van der Waals surface area contributed by atoms with Crippen molar-refractivity contribution in [3.8, 4) is 5.75 Å². The molecule has 0 spiro atoms. The highest BCUT2D eigenvalue weighted by Gasteiger charge is 2.22. The lowest BCUT2D eigenvalue weighted by Crippen LogP contribution is -2.42. The van der Waals surface area contributed by atoms with Crippen LogP contribution in [0, 0.1) is 0 Å². The van der Waals surface area contributed by atoms with Crippen molar-refractivity contribution in [1.82, 2.24) is 15.3 Å². The summed E-state index contributed by atoms with van der Waals surface area (Å²) in [6.45, 7) is 0. The highest BCUT2D eigenvalue weighted by molar-refractivity contribution is 7.98. The zero-order valence-corrected chi connectivity index (χ0v) is 12.9. The predicted octanol–water partition coefficient (Wildman–Crippen LogP) is 1.30. The van der Waals surface area contributed by atoms with Crippen LogP contribution in [0.15, 0.2) is 42.9 Å². The minimum atomic E-state index is -1.14. The Balaban J connectivity index is 1.92. The van der Waals surface area contributed by atoms with E-state index in [-0.39, 0.29) is 17.2 Å². The van der Waals surface area contributed by atoms with Gasteiger partial charge in [-0.25, -0.2) is 9.78 Å². The molecule has 7 nitrogen and oxygen atoms in total. The number of nitrogens with one attached hydrogen (secondary N) is 1. The lowest BCUT2D eigenvalue weighted by molar-refractivity contribution is -0.138. The van der Waals surface area contributed by atoms with Crippen molar-refractivity contribution in [3.63, 3.8) is 0 Å². The normalized spacial score (nSPS) is 11.7. The van der Waals surface area contributed by atoms with Crippen LogP contribution in [0.4, 0.5) is 0 Å². The predicted molar refractivity (Wildman–Crippen MR) is 85.2 cm³/mol. The fourth-order valence-electron chi connectivity index (χ4n) is 1.75. The van der Waals surface area contributed by atoms with Crippen molar-refractivity contribution < 1.29 is 19.8 Å². The number of thioether (sulfide) groups is 1. The second kappa shape index (κ2) is 8.14. The van der Waals surface area contributed by atoms with Gasteiger partial charge in [0.2, 0.25) is 0 Å². The first-order valence-electron chi connectivity index (χ1n) is 6.72. The molecule has 0 aliphatic heterocycles. The number of nitrogens with zero attached hydrogens (tertiary/aromatic N) is 2. The Morgan fingerprint density at radius 3 is 2.61 bits per heavy atom. The van der Waals surface area contributed by atoms with Crippen molar-refractivity contribution in [2.24, 2.45) is 0 Å². The fraction of sp³-hybridized carbons (Fsp3) is 0.200. The number of amides is 1. The summed E-state index contributed by atoms with van der Waals surface area (Å²) < 4.78 is 0. The molecule has 2 aromatic rings. The Labute approximate surface area is 136 Å². The molecule has 1 amide bonds. The molecule has 3 N–H and O–H groups in total. The number of carboxylic acids is 1. The molecule has 8 heteroatoms. The third-order valence-corrected chi connectivity index (χ3v) is 4.01. The van der Waals surface area contributed by atoms with Crippen molar-refractivity contribution >= 4 is 23.6 Å². The van der Waals surface area contributed by atoms with Crippen molar-refractivity contribution in [3.05, 3.63) is 54.1 Å². The average molecular weight is 333 g/mol. The maximum absolute atomic E-state index is 12.0. The molecule has 0 aliphatic carbocycles. The number of carboxylic acid groups (broad SMARTS) is 1. The van der Waals surface area contributed by atoms with Crippen LogP contribution >= 0.6 is 11.8 Å². The standard InChI is InChI=1S/C15H15N3O4S/c19-12-2-1-5-17-13(12)14(20)18-11(15(21)22)9-23-8-10-3-6-16-7-4-10/h1-7,11,19H,8-9H2,(H,18,20)(H,21,22)/t11-/m0/s1. The van der Waals surface area contributed by atoms with Gasteiger partial charge < -0.3 is 15.5 Å². The molecule has 0 unspecified atom stereocenters. The Morgan fingerprint density at radius 2 is 1.96 bits per heavy atom. The van der Waals surface area contributed by atoms with Crippen molar-refractivity contribution in [2.45, 2.75) is 11.8 Å². The van der Waals surface area contributed by atoms with Gasteiger partial charge in [-0.1, -0.05) is 0 Å². The summed E-state index contributed by atoms with van der Waals surface area (Å²) in [7, 11) is 0. The van der Waals surface area contributed by atoms with Gasteiger partial charge in [-0.2, -0.15) is 11.8 Å². The third kappa shape index (κ3) is 4.96. The van der Waals surface area contributed by atoms with Crippen LogP contribution in [-0.2, 0) is 10.5 Å². The number of pyridine rings is 2. The van der Waals surface area contributed by atoms with Crippen LogP contribution in [0.2, 0.25) is 0 Å². The van der Waals surface area contributed by atoms with Gasteiger partial charge in [0.05, 0.1) is 0 Å². The smallest absolute Gasteiger partial charge is 0.327 e. The van der Waals surface area contributed by atoms with Gasteiger partial charge in [0.15, 0.2) is 5.69 Å². The largest absolute Gasteiger partial charge is 0.505 e. The monoisotopic (exact) mass is 333 g/mol. The molecule has 120 valence electrons. The summed E-state index contributed by atoms with van der Waals surface area (Å²) in [6, 6.07) is 5.40. The molecule has 0 aliphatic rings. The van der Waals surface area contributed by atoms with Gasteiger partial charge in [0.1, 0.15) is 11.8 Å². The van der Waals surface area contributed by atoms with Gasteiger partial charge in [0, 0.05) is 30.1 Å². The molecule has 0 radical (unpaired) electrons. The summed E-state index contributed by atoms with van der Waals surface area (Å²) in [5.74, 6) is -1.36. The van der Waals surface area contributed by atoms with Crippen molar-refractivity contribution in [2.75, 3.05) is 5.75 Å². The zero-order chi connectivity index (χ0) is 16.7. The maximum atomic E-state index is 12.0. The van der Waals surface area contributed by atoms with E-state index in [1.54, 1.807) is 12.4 Å². The zero-order valence-electron chi connectivity index (χ0n) is 12.0. The number of carbonyl (C=O) groups excluding carboxylic acids is 1. The van der Waals surface area contributed by atoms with Gasteiger partial charge in [0.25, 0.3) is 5.91 Å². The first-order chi connectivity index (χ1) is 11.1. The van der Waals surface area contributed by atoms with E-state index >= 15 is 0 Å². The van der Waals surface area contributed by atoms with Crippen LogP contribution in [0.5, 0.6) is 5.75 Å². The number of aliphatic carboxylic acids is 1. The number of aromatic nitrogens is 2. The van der Waals surface area contributed by atoms with E-state index in [0.29, 0.717) is 5.75 Å². The number of hydrogen-bond acceptors (Lipinski definition) is 6. The Bertz CT molecular complexity index is 681. The Kier molecular flexibility index (Phi) is 5.93. The van der Waals surface area contributed by atoms with Gasteiger partial charge in [-0.05, 0) is 29.8 Å². The van der Waals surface area contributed by atoms with Crippen molar-refractivity contribution in [1.29, 1.82) is 0 Å². The van der Waals surface area contributed by atoms with Gasteiger partial charge in [-0.15, -0.1) is 0 Å². The summed E-state index contributed by atoms with van der Waals surface area (Å²) in [6.07, 6.45) is 4.68. The molecule has 2 aromatic heterocycles. The quantitative estimate of drug-likeness (QED) is 0.700. The molecule has 0 fully saturated rings. The van der Waals surface area contributed by atoms with E-state index in [1.807, 2.05) is 12.1 Å². The second-order valence-electron chi connectivity index (χ2n) is 4.61. The first-order valence-corrected chi connectivity index (χ1v) is 7.87. The molecular weight excluding hydrogens is 318 g/mol. The van der Waals surface area contributed by atoms with Crippen LogP contribution in [0.1, 0.15) is 16.1 Å². The molecule has 2 heterocycles. The van der Waals surface area contributed by atoms with E-state index in [2.05, 4.69) is 15.3 Å². The van der Waals surface area contributed by atoms with E-state index in [0.717, 1.165) is 5.56 Å². The van der Waals surface area contributed by atoms with E-state index in [4.69, 9.17) is 0 Å². The molecular formula is C15H15N3O4S. The number of carbonyl (C=O) groups is 2. The van der Waals surface area contributed by atoms with Gasteiger partial charge >= 0.3 is 5.97 Å². The van der Waals surface area contributed by atoms with Crippen LogP contribution in [0.3, 0.4) is 0 Å². The van der Waals surface area contributed by atoms with Crippen LogP contribution in [-0.4, -0.2) is 43.9 Å². The highest BCUT2D eigenvalue weighted by Crippen LogP contribution is 2.15. The third-order valence-electron chi connectivity index (χ3n) is 2.91. The summed E-state index contributed by atoms with van der Waals surface area (Å²) in [5, 5.41) is 21.2. The van der Waals surface area contributed by atoms with E-state index < -0.39 is 17.9 Å². The lowest BCUT2D eigenvalue weighted by Gasteiger charge is -2.14. The van der Waals surface area contributed by atoms with Gasteiger partial charge in [-0.3, -0.25) is 9.78 Å².